The molecule has 2 aromatic carbocycles. The van der Waals surface area contributed by atoms with Crippen LogP contribution in [0.25, 0.3) is 0 Å². The molecule has 0 aliphatic carbocycles. The van der Waals surface area contributed by atoms with Gasteiger partial charge in [-0.15, -0.1) is 0 Å². The summed E-state index contributed by atoms with van der Waals surface area (Å²) in [5, 5.41) is 4.76. The van der Waals surface area contributed by atoms with Crippen LogP contribution < -0.4 is 10.1 Å². The lowest BCUT2D eigenvalue weighted by molar-refractivity contribution is 0.482. The van der Waals surface area contributed by atoms with Gasteiger partial charge in [0.1, 0.15) is 11.5 Å². The highest BCUT2D eigenvalue weighted by molar-refractivity contribution is 6.34. The lowest BCUT2D eigenvalue weighted by Crippen LogP contribution is -2.05. The van der Waals surface area contributed by atoms with Crippen LogP contribution in [0.2, 0.25) is 15.1 Å². The zero-order valence-electron chi connectivity index (χ0n) is 10.2. The van der Waals surface area contributed by atoms with E-state index < -0.39 is 0 Å². The van der Waals surface area contributed by atoms with Crippen LogP contribution >= 0.6 is 34.8 Å². The van der Waals surface area contributed by atoms with E-state index >= 15 is 0 Å². The summed E-state index contributed by atoms with van der Waals surface area (Å²) < 4.78 is 5.68. The molecule has 0 heterocycles. The number of benzene rings is 2. The normalized spacial score (nSPS) is 10.5. The molecule has 0 atom stereocenters. The molecular formula is C14H12Cl3NO. The van der Waals surface area contributed by atoms with Crippen molar-refractivity contribution in [1.29, 1.82) is 0 Å². The van der Waals surface area contributed by atoms with Gasteiger partial charge in [0.15, 0.2) is 0 Å². The van der Waals surface area contributed by atoms with Gasteiger partial charge in [-0.25, -0.2) is 0 Å². The highest BCUT2D eigenvalue weighted by atomic mass is 35.5. The quantitative estimate of drug-likeness (QED) is 0.841. The van der Waals surface area contributed by atoms with Crippen LogP contribution in [0.5, 0.6) is 11.5 Å². The van der Waals surface area contributed by atoms with Gasteiger partial charge < -0.3 is 10.1 Å². The van der Waals surface area contributed by atoms with E-state index in [2.05, 4.69) is 5.32 Å². The zero-order chi connectivity index (χ0) is 13.8. The Bertz CT molecular complexity index is 587. The molecule has 0 radical (unpaired) electrons. The molecule has 2 nitrogen and oxygen atoms in total. The standard InChI is InChI=1S/C14H12Cl3NO/c1-18-8-9-2-4-11(7-13(9)17)19-14-6-10(15)3-5-12(14)16/h2-7,18H,8H2,1H3. The van der Waals surface area contributed by atoms with E-state index in [1.165, 1.54) is 0 Å². The summed E-state index contributed by atoms with van der Waals surface area (Å²) in [6.45, 7) is 0.705. The van der Waals surface area contributed by atoms with Gasteiger partial charge in [0.2, 0.25) is 0 Å². The first-order chi connectivity index (χ1) is 9.10. The molecule has 100 valence electrons. The topological polar surface area (TPSA) is 21.3 Å². The molecule has 2 rings (SSSR count). The average molecular weight is 317 g/mol. The summed E-state index contributed by atoms with van der Waals surface area (Å²) in [4.78, 5) is 0. The van der Waals surface area contributed by atoms with E-state index in [1.807, 2.05) is 19.2 Å². The Balaban J connectivity index is 2.24. The monoisotopic (exact) mass is 315 g/mol. The molecule has 0 saturated carbocycles. The smallest absolute Gasteiger partial charge is 0.147 e. The Morgan fingerprint density at radius 3 is 2.47 bits per heavy atom. The molecule has 0 aliphatic rings. The maximum Gasteiger partial charge on any atom is 0.147 e. The first-order valence-corrected chi connectivity index (χ1v) is 6.79. The summed E-state index contributed by atoms with van der Waals surface area (Å²) in [5.41, 5.74) is 1.01. The van der Waals surface area contributed by atoms with Gasteiger partial charge in [-0.05, 0) is 36.9 Å². The minimum Gasteiger partial charge on any atom is -0.456 e. The van der Waals surface area contributed by atoms with E-state index in [4.69, 9.17) is 39.5 Å². The van der Waals surface area contributed by atoms with E-state index in [0.717, 1.165) is 5.56 Å². The highest BCUT2D eigenvalue weighted by Gasteiger charge is 2.06. The van der Waals surface area contributed by atoms with Crippen molar-refractivity contribution in [3.8, 4) is 11.5 Å². The first-order valence-electron chi connectivity index (χ1n) is 5.66. The molecular weight excluding hydrogens is 305 g/mol. The average Bonchev–Trinajstić information content (AvgIpc) is 2.37. The second-order valence-electron chi connectivity index (χ2n) is 3.96. The molecule has 0 aromatic heterocycles. The molecule has 2 aromatic rings. The minimum absolute atomic E-state index is 0.500. The van der Waals surface area contributed by atoms with Crippen LogP contribution in [0.4, 0.5) is 0 Å². The predicted molar refractivity (Wildman–Crippen MR) is 80.8 cm³/mol. The van der Waals surface area contributed by atoms with Crippen LogP contribution in [0.3, 0.4) is 0 Å². The molecule has 0 bridgehead atoms. The van der Waals surface area contributed by atoms with E-state index in [1.54, 1.807) is 24.3 Å². The fraction of sp³-hybridized carbons (Fsp3) is 0.143. The summed E-state index contributed by atoms with van der Waals surface area (Å²) in [7, 11) is 1.87. The Kier molecular flexibility index (Phi) is 4.94. The van der Waals surface area contributed by atoms with Gasteiger partial charge in [-0.3, -0.25) is 0 Å². The summed E-state index contributed by atoms with van der Waals surface area (Å²) in [6, 6.07) is 10.6. The minimum atomic E-state index is 0.500. The summed E-state index contributed by atoms with van der Waals surface area (Å²) >= 11 is 18.1. The second kappa shape index (κ2) is 6.49. The number of hydrogen-bond acceptors (Lipinski definition) is 2. The van der Waals surface area contributed by atoms with Gasteiger partial charge in [-0.2, -0.15) is 0 Å². The first kappa shape index (κ1) is 14.5. The Labute approximate surface area is 127 Å². The lowest BCUT2D eigenvalue weighted by atomic mass is 10.2. The Morgan fingerprint density at radius 2 is 1.79 bits per heavy atom. The Morgan fingerprint density at radius 1 is 1.00 bits per heavy atom. The number of rotatable bonds is 4. The lowest BCUT2D eigenvalue weighted by Gasteiger charge is -2.10. The van der Waals surface area contributed by atoms with Crippen molar-refractivity contribution >= 4 is 34.8 Å². The van der Waals surface area contributed by atoms with E-state index in [0.29, 0.717) is 33.1 Å². The van der Waals surface area contributed by atoms with Crippen molar-refractivity contribution in [3.05, 3.63) is 57.0 Å². The molecule has 0 amide bonds. The van der Waals surface area contributed by atoms with Crippen LogP contribution in [-0.4, -0.2) is 7.05 Å². The van der Waals surface area contributed by atoms with Crippen molar-refractivity contribution in [1.82, 2.24) is 5.32 Å². The van der Waals surface area contributed by atoms with Crippen molar-refractivity contribution in [2.24, 2.45) is 0 Å². The fourth-order valence-electron chi connectivity index (χ4n) is 1.61. The molecule has 0 saturated heterocycles. The molecule has 5 heteroatoms. The van der Waals surface area contributed by atoms with Crippen molar-refractivity contribution in [2.75, 3.05) is 7.05 Å². The number of hydrogen-bond donors (Lipinski definition) is 1. The largest absolute Gasteiger partial charge is 0.456 e. The number of ether oxygens (including phenoxy) is 1. The zero-order valence-corrected chi connectivity index (χ0v) is 12.5. The van der Waals surface area contributed by atoms with E-state index in [9.17, 15) is 0 Å². The third kappa shape index (κ3) is 3.77. The molecule has 0 unspecified atom stereocenters. The van der Waals surface area contributed by atoms with Gasteiger partial charge in [0, 0.05) is 22.7 Å². The van der Waals surface area contributed by atoms with Crippen LogP contribution in [-0.2, 0) is 6.54 Å². The van der Waals surface area contributed by atoms with Gasteiger partial charge in [0.05, 0.1) is 5.02 Å². The van der Waals surface area contributed by atoms with Crippen LogP contribution in [0.1, 0.15) is 5.56 Å². The molecule has 0 fully saturated rings. The van der Waals surface area contributed by atoms with Crippen LogP contribution in [0, 0.1) is 0 Å². The van der Waals surface area contributed by atoms with E-state index in [-0.39, 0.29) is 0 Å². The van der Waals surface area contributed by atoms with Crippen LogP contribution in [0.15, 0.2) is 36.4 Å². The SMILES string of the molecule is CNCc1ccc(Oc2cc(Cl)ccc2Cl)cc1Cl. The highest BCUT2D eigenvalue weighted by Crippen LogP contribution is 2.33. The Hall–Kier alpha value is -0.930. The van der Waals surface area contributed by atoms with Crippen molar-refractivity contribution in [2.45, 2.75) is 6.54 Å². The van der Waals surface area contributed by atoms with Gasteiger partial charge >= 0.3 is 0 Å². The molecule has 1 N–H and O–H groups in total. The molecule has 0 aliphatic heterocycles. The second-order valence-corrected chi connectivity index (χ2v) is 5.21. The van der Waals surface area contributed by atoms with Crippen molar-refractivity contribution < 1.29 is 4.74 Å². The third-order valence-electron chi connectivity index (χ3n) is 2.51. The number of nitrogens with one attached hydrogen (secondary N) is 1. The summed E-state index contributed by atoms with van der Waals surface area (Å²) in [6.07, 6.45) is 0. The maximum atomic E-state index is 6.17. The van der Waals surface area contributed by atoms with Gasteiger partial charge in [-0.1, -0.05) is 40.9 Å². The predicted octanol–water partition coefficient (Wildman–Crippen LogP) is 5.16. The molecule has 19 heavy (non-hydrogen) atoms. The van der Waals surface area contributed by atoms with Gasteiger partial charge in [0.25, 0.3) is 0 Å². The third-order valence-corrected chi connectivity index (χ3v) is 3.41. The number of halogens is 3. The fourth-order valence-corrected chi connectivity index (χ4v) is 2.16. The summed E-state index contributed by atoms with van der Waals surface area (Å²) in [5.74, 6) is 1.13. The molecule has 0 spiro atoms. The van der Waals surface area contributed by atoms with Crippen molar-refractivity contribution in [3.63, 3.8) is 0 Å². The maximum absolute atomic E-state index is 6.17.